The normalized spacial score (nSPS) is 17.7. The first kappa shape index (κ1) is 19.9. The molecule has 0 saturated heterocycles. The van der Waals surface area contributed by atoms with Crippen molar-refractivity contribution in [3.05, 3.63) is 70.7 Å². The minimum absolute atomic E-state index is 0.384. The van der Waals surface area contributed by atoms with E-state index < -0.39 is 0 Å². The van der Waals surface area contributed by atoms with Gasteiger partial charge >= 0.3 is 0 Å². The summed E-state index contributed by atoms with van der Waals surface area (Å²) >= 11 is 6.09. The third-order valence-electron chi connectivity index (χ3n) is 6.34. The van der Waals surface area contributed by atoms with Gasteiger partial charge in [-0.1, -0.05) is 60.5 Å². The molecule has 0 amide bonds. The van der Waals surface area contributed by atoms with Gasteiger partial charge in [0.05, 0.1) is 11.5 Å². The highest BCUT2D eigenvalue weighted by Gasteiger charge is 2.43. The average Bonchev–Trinajstić information content (AvgIpc) is 2.64. The Kier molecular flexibility index (Phi) is 6.58. The van der Waals surface area contributed by atoms with Crippen LogP contribution in [0.4, 0.5) is 0 Å². The summed E-state index contributed by atoms with van der Waals surface area (Å²) in [6.07, 6.45) is 5.46. The van der Waals surface area contributed by atoms with Crippen LogP contribution in [0.25, 0.3) is 0 Å². The molecule has 0 spiro atoms. The van der Waals surface area contributed by atoms with Crippen LogP contribution in [0.2, 0.25) is 5.02 Å². The molecule has 3 rings (SSSR count). The maximum atomic E-state index is 10.2. The van der Waals surface area contributed by atoms with Gasteiger partial charge in [0.2, 0.25) is 0 Å². The van der Waals surface area contributed by atoms with Gasteiger partial charge in [-0.05, 0) is 68.8 Å². The summed E-state index contributed by atoms with van der Waals surface area (Å²) in [6, 6.07) is 21.7. The third kappa shape index (κ3) is 4.54. The molecule has 2 aromatic rings. The summed E-state index contributed by atoms with van der Waals surface area (Å²) in [5.41, 5.74) is 2.08. The molecule has 0 aliphatic heterocycles. The lowest BCUT2D eigenvalue weighted by Gasteiger charge is -2.42. The van der Waals surface area contributed by atoms with E-state index in [1.807, 2.05) is 12.1 Å². The molecule has 3 heteroatoms. The lowest BCUT2D eigenvalue weighted by Crippen LogP contribution is -2.40. The van der Waals surface area contributed by atoms with Crippen LogP contribution < -0.4 is 0 Å². The minimum Gasteiger partial charge on any atom is -0.299 e. The van der Waals surface area contributed by atoms with Crippen LogP contribution in [-0.4, -0.2) is 18.0 Å². The highest BCUT2D eigenvalue weighted by molar-refractivity contribution is 6.30. The number of halogens is 1. The van der Waals surface area contributed by atoms with Crippen molar-refractivity contribution in [1.29, 1.82) is 5.26 Å². The minimum atomic E-state index is -0.384. The molecule has 0 N–H and O–H groups in total. The average molecular weight is 381 g/mol. The number of benzene rings is 2. The van der Waals surface area contributed by atoms with Crippen molar-refractivity contribution < 1.29 is 0 Å². The van der Waals surface area contributed by atoms with Crippen LogP contribution in [0.5, 0.6) is 0 Å². The van der Waals surface area contributed by atoms with E-state index in [-0.39, 0.29) is 5.41 Å². The summed E-state index contributed by atoms with van der Waals surface area (Å²) in [7, 11) is 2.18. The monoisotopic (exact) mass is 380 g/mol. The van der Waals surface area contributed by atoms with Crippen LogP contribution in [0.1, 0.15) is 50.2 Å². The smallest absolute Gasteiger partial charge is 0.0851 e. The summed E-state index contributed by atoms with van der Waals surface area (Å²) < 4.78 is 0. The largest absolute Gasteiger partial charge is 0.299 e. The van der Waals surface area contributed by atoms with Gasteiger partial charge in [-0.15, -0.1) is 0 Å². The molecule has 0 radical (unpaired) electrons. The SMILES string of the molecule is CC(CCC(C#N)(c1ccc(Cl)cc1)C1CCC1)N(C)Cc1ccccc1. The topological polar surface area (TPSA) is 27.0 Å². The van der Waals surface area contributed by atoms with Crippen molar-refractivity contribution in [2.24, 2.45) is 5.92 Å². The predicted molar refractivity (Wildman–Crippen MR) is 113 cm³/mol. The van der Waals surface area contributed by atoms with E-state index in [0.717, 1.165) is 42.8 Å². The second kappa shape index (κ2) is 8.91. The Labute approximate surface area is 168 Å². The number of hydrogen-bond acceptors (Lipinski definition) is 2. The number of nitriles is 1. The Morgan fingerprint density at radius 1 is 1.15 bits per heavy atom. The van der Waals surface area contributed by atoms with E-state index in [0.29, 0.717) is 12.0 Å². The second-order valence-corrected chi connectivity index (χ2v) is 8.44. The van der Waals surface area contributed by atoms with Gasteiger partial charge in [-0.3, -0.25) is 4.90 Å². The zero-order valence-corrected chi connectivity index (χ0v) is 17.1. The van der Waals surface area contributed by atoms with E-state index in [1.165, 1.54) is 12.0 Å². The molecule has 0 heterocycles. The molecule has 0 bridgehead atoms. The Hall–Kier alpha value is -1.82. The molecule has 1 aliphatic rings. The van der Waals surface area contributed by atoms with E-state index in [2.05, 4.69) is 67.4 Å². The van der Waals surface area contributed by atoms with E-state index in [1.54, 1.807) is 0 Å². The van der Waals surface area contributed by atoms with E-state index >= 15 is 0 Å². The van der Waals surface area contributed by atoms with Gasteiger partial charge in [0.25, 0.3) is 0 Å². The third-order valence-corrected chi connectivity index (χ3v) is 6.60. The van der Waals surface area contributed by atoms with Crippen molar-refractivity contribution in [3.63, 3.8) is 0 Å². The van der Waals surface area contributed by atoms with Crippen molar-refractivity contribution in [3.8, 4) is 6.07 Å². The van der Waals surface area contributed by atoms with Gasteiger partial charge in [0.1, 0.15) is 0 Å². The molecule has 2 atom stereocenters. The fraction of sp³-hybridized carbons (Fsp3) is 0.458. The second-order valence-electron chi connectivity index (χ2n) is 8.01. The summed E-state index contributed by atoms with van der Waals surface area (Å²) in [5.74, 6) is 0.468. The van der Waals surface area contributed by atoms with Crippen LogP contribution in [0.15, 0.2) is 54.6 Å². The Morgan fingerprint density at radius 2 is 1.81 bits per heavy atom. The quantitative estimate of drug-likeness (QED) is 0.544. The van der Waals surface area contributed by atoms with Crippen LogP contribution >= 0.6 is 11.6 Å². The Balaban J connectivity index is 1.71. The molecule has 1 aliphatic carbocycles. The summed E-state index contributed by atoms with van der Waals surface area (Å²) in [4.78, 5) is 2.39. The van der Waals surface area contributed by atoms with Gasteiger partial charge in [-0.2, -0.15) is 5.26 Å². The maximum Gasteiger partial charge on any atom is 0.0851 e. The fourth-order valence-corrected chi connectivity index (χ4v) is 4.25. The molecule has 1 fully saturated rings. The number of hydrogen-bond donors (Lipinski definition) is 0. The molecule has 1 saturated carbocycles. The van der Waals surface area contributed by atoms with Crippen molar-refractivity contribution in [2.75, 3.05) is 7.05 Å². The van der Waals surface area contributed by atoms with Crippen LogP contribution in [0.3, 0.4) is 0 Å². The Bertz CT molecular complexity index is 761. The lowest BCUT2D eigenvalue weighted by molar-refractivity contribution is 0.169. The molecule has 142 valence electrons. The zero-order chi connectivity index (χ0) is 19.3. The number of nitrogens with zero attached hydrogens (tertiary/aromatic N) is 2. The van der Waals surface area contributed by atoms with E-state index in [4.69, 9.17) is 11.6 Å². The van der Waals surface area contributed by atoms with Gasteiger partial charge < -0.3 is 0 Å². The molecule has 27 heavy (non-hydrogen) atoms. The molecule has 2 aromatic carbocycles. The van der Waals surface area contributed by atoms with Crippen molar-refractivity contribution in [1.82, 2.24) is 4.90 Å². The lowest BCUT2D eigenvalue weighted by atomic mass is 9.60. The highest BCUT2D eigenvalue weighted by atomic mass is 35.5. The van der Waals surface area contributed by atoms with Gasteiger partial charge in [-0.25, -0.2) is 0 Å². The molecule has 2 nitrogen and oxygen atoms in total. The first-order chi connectivity index (χ1) is 13.0. The first-order valence-corrected chi connectivity index (χ1v) is 10.3. The summed E-state index contributed by atoms with van der Waals surface area (Å²) in [6.45, 7) is 3.21. The van der Waals surface area contributed by atoms with Crippen molar-refractivity contribution in [2.45, 2.75) is 57.0 Å². The zero-order valence-electron chi connectivity index (χ0n) is 16.4. The number of rotatable bonds is 8. The van der Waals surface area contributed by atoms with Gasteiger partial charge in [0, 0.05) is 17.6 Å². The summed E-state index contributed by atoms with van der Waals surface area (Å²) in [5, 5.41) is 11.0. The molecule has 2 unspecified atom stereocenters. The fourth-order valence-electron chi connectivity index (χ4n) is 4.13. The molecule has 0 aromatic heterocycles. The van der Waals surface area contributed by atoms with Crippen LogP contribution in [-0.2, 0) is 12.0 Å². The van der Waals surface area contributed by atoms with Gasteiger partial charge in [0.15, 0.2) is 0 Å². The highest BCUT2D eigenvalue weighted by Crippen LogP contribution is 2.47. The Morgan fingerprint density at radius 3 is 2.37 bits per heavy atom. The van der Waals surface area contributed by atoms with Crippen molar-refractivity contribution >= 4 is 11.6 Å². The van der Waals surface area contributed by atoms with E-state index in [9.17, 15) is 5.26 Å². The molecular weight excluding hydrogens is 352 g/mol. The van der Waals surface area contributed by atoms with Crippen LogP contribution in [0, 0.1) is 17.2 Å². The first-order valence-electron chi connectivity index (χ1n) is 9.96. The standard InChI is InChI=1S/C24H29ClN2/c1-19(27(2)17-20-7-4-3-5-8-20)15-16-24(18-26,21-9-6-10-21)22-11-13-23(25)14-12-22/h3-5,7-8,11-14,19,21H,6,9-10,15-17H2,1-2H3. The maximum absolute atomic E-state index is 10.2. The molecular formula is C24H29ClN2. The predicted octanol–water partition coefficient (Wildman–Crippen LogP) is 6.20.